The molecular formula is C16H22N2O3S. The van der Waals surface area contributed by atoms with Crippen molar-refractivity contribution in [3.05, 3.63) is 35.4 Å². The second-order valence-electron chi connectivity index (χ2n) is 6.24. The topological polar surface area (TPSA) is 57.7 Å². The Kier molecular flexibility index (Phi) is 4.23. The van der Waals surface area contributed by atoms with Crippen molar-refractivity contribution in [1.82, 2.24) is 9.21 Å². The maximum atomic E-state index is 12.5. The smallest absolute Gasteiger partial charge is 0.225 e. The highest BCUT2D eigenvalue weighted by Gasteiger charge is 2.36. The van der Waals surface area contributed by atoms with Crippen LogP contribution >= 0.6 is 0 Å². The van der Waals surface area contributed by atoms with Gasteiger partial charge in [0.25, 0.3) is 0 Å². The summed E-state index contributed by atoms with van der Waals surface area (Å²) in [7, 11) is -3.31. The van der Waals surface area contributed by atoms with Crippen molar-refractivity contribution < 1.29 is 13.2 Å². The fourth-order valence-electron chi connectivity index (χ4n) is 2.88. The van der Waals surface area contributed by atoms with Crippen LogP contribution in [0.25, 0.3) is 0 Å². The molecule has 3 rings (SSSR count). The van der Waals surface area contributed by atoms with E-state index in [9.17, 15) is 13.2 Å². The first-order chi connectivity index (χ1) is 10.5. The van der Waals surface area contributed by atoms with Gasteiger partial charge in [-0.2, -0.15) is 4.31 Å². The first kappa shape index (κ1) is 15.5. The molecule has 1 saturated carbocycles. The van der Waals surface area contributed by atoms with E-state index in [0.717, 1.165) is 24.0 Å². The first-order valence-corrected chi connectivity index (χ1v) is 9.39. The predicted molar refractivity (Wildman–Crippen MR) is 84.7 cm³/mol. The maximum absolute atomic E-state index is 12.5. The van der Waals surface area contributed by atoms with Crippen molar-refractivity contribution in [2.24, 2.45) is 5.92 Å². The van der Waals surface area contributed by atoms with Crippen LogP contribution in [-0.4, -0.2) is 49.7 Å². The van der Waals surface area contributed by atoms with E-state index in [4.69, 9.17) is 0 Å². The lowest BCUT2D eigenvalue weighted by Gasteiger charge is -2.34. The molecule has 0 radical (unpaired) electrons. The lowest BCUT2D eigenvalue weighted by Crippen LogP contribution is -2.51. The highest BCUT2D eigenvalue weighted by atomic mass is 32.2. The standard InChI is InChI=1S/C16H22N2O3S/c1-13-3-2-4-14(11-13)12-22(20,21)18-9-7-17(8-10-18)16(19)15-5-6-15/h2-4,11,15H,5-10,12H2,1H3. The fourth-order valence-corrected chi connectivity index (χ4v) is 4.38. The second kappa shape index (κ2) is 6.01. The zero-order valence-electron chi connectivity index (χ0n) is 12.9. The third-order valence-electron chi connectivity index (χ3n) is 4.30. The molecule has 1 heterocycles. The van der Waals surface area contributed by atoms with Crippen molar-refractivity contribution in [1.29, 1.82) is 0 Å². The van der Waals surface area contributed by atoms with Crippen LogP contribution in [0.2, 0.25) is 0 Å². The van der Waals surface area contributed by atoms with Gasteiger partial charge in [0.1, 0.15) is 0 Å². The summed E-state index contributed by atoms with van der Waals surface area (Å²) in [6.45, 7) is 3.81. The summed E-state index contributed by atoms with van der Waals surface area (Å²) in [5.41, 5.74) is 1.88. The number of nitrogens with zero attached hydrogens (tertiary/aromatic N) is 2. The average molecular weight is 322 g/mol. The summed E-state index contributed by atoms with van der Waals surface area (Å²) >= 11 is 0. The molecule has 1 aromatic carbocycles. The third-order valence-corrected chi connectivity index (χ3v) is 6.15. The van der Waals surface area contributed by atoms with E-state index in [2.05, 4.69) is 0 Å². The Morgan fingerprint density at radius 1 is 1.18 bits per heavy atom. The van der Waals surface area contributed by atoms with Gasteiger partial charge in [-0.05, 0) is 25.3 Å². The largest absolute Gasteiger partial charge is 0.340 e. The molecule has 1 amide bonds. The number of sulfonamides is 1. The summed E-state index contributed by atoms with van der Waals surface area (Å²) in [5, 5.41) is 0. The third kappa shape index (κ3) is 3.50. The van der Waals surface area contributed by atoms with Gasteiger partial charge in [0.2, 0.25) is 15.9 Å². The molecule has 2 aliphatic rings. The number of amides is 1. The number of rotatable bonds is 4. The summed E-state index contributed by atoms with van der Waals surface area (Å²) in [4.78, 5) is 13.8. The molecule has 0 spiro atoms. The Morgan fingerprint density at radius 2 is 1.86 bits per heavy atom. The Bertz CT molecular complexity index is 660. The van der Waals surface area contributed by atoms with E-state index in [1.54, 1.807) is 0 Å². The van der Waals surface area contributed by atoms with Gasteiger partial charge >= 0.3 is 0 Å². The molecule has 1 aliphatic carbocycles. The van der Waals surface area contributed by atoms with Gasteiger partial charge in [-0.3, -0.25) is 4.79 Å². The summed E-state index contributed by atoms with van der Waals surface area (Å²) in [6.07, 6.45) is 1.98. The summed E-state index contributed by atoms with van der Waals surface area (Å²) < 4.78 is 26.5. The van der Waals surface area contributed by atoms with Crippen LogP contribution in [0.5, 0.6) is 0 Å². The fraction of sp³-hybridized carbons (Fsp3) is 0.562. The molecule has 120 valence electrons. The van der Waals surface area contributed by atoms with Gasteiger partial charge in [-0.25, -0.2) is 8.42 Å². The quantitative estimate of drug-likeness (QED) is 0.841. The summed E-state index contributed by atoms with van der Waals surface area (Å²) in [6, 6.07) is 7.59. The van der Waals surface area contributed by atoms with Gasteiger partial charge in [0, 0.05) is 32.1 Å². The molecular weight excluding hydrogens is 300 g/mol. The van der Waals surface area contributed by atoms with Gasteiger partial charge in [0.05, 0.1) is 5.75 Å². The SMILES string of the molecule is Cc1cccc(CS(=O)(=O)N2CCN(C(=O)C3CC3)CC2)c1. The van der Waals surface area contributed by atoms with E-state index < -0.39 is 10.0 Å². The number of carbonyl (C=O) groups is 1. The highest BCUT2D eigenvalue weighted by molar-refractivity contribution is 7.88. The first-order valence-electron chi connectivity index (χ1n) is 7.78. The predicted octanol–water partition coefficient (Wildman–Crippen LogP) is 1.38. The maximum Gasteiger partial charge on any atom is 0.225 e. The number of aryl methyl sites for hydroxylation is 1. The van der Waals surface area contributed by atoms with E-state index in [1.807, 2.05) is 36.1 Å². The molecule has 0 aromatic heterocycles. The average Bonchev–Trinajstić information content (AvgIpc) is 3.31. The van der Waals surface area contributed by atoms with Gasteiger partial charge < -0.3 is 4.90 Å². The number of benzene rings is 1. The Morgan fingerprint density at radius 3 is 2.45 bits per heavy atom. The molecule has 6 heteroatoms. The van der Waals surface area contributed by atoms with E-state index >= 15 is 0 Å². The van der Waals surface area contributed by atoms with Crippen molar-refractivity contribution in [3.8, 4) is 0 Å². The van der Waals surface area contributed by atoms with Crippen LogP contribution in [-0.2, 0) is 20.6 Å². The van der Waals surface area contributed by atoms with E-state index in [1.165, 1.54) is 4.31 Å². The monoisotopic (exact) mass is 322 g/mol. The zero-order valence-corrected chi connectivity index (χ0v) is 13.7. The van der Waals surface area contributed by atoms with E-state index in [-0.39, 0.29) is 17.6 Å². The minimum atomic E-state index is -3.31. The minimum Gasteiger partial charge on any atom is -0.340 e. The van der Waals surface area contributed by atoms with Gasteiger partial charge in [0.15, 0.2) is 0 Å². The molecule has 0 bridgehead atoms. The van der Waals surface area contributed by atoms with Gasteiger partial charge in [-0.1, -0.05) is 29.8 Å². The van der Waals surface area contributed by atoms with Crippen LogP contribution < -0.4 is 0 Å². The normalized spacial score (nSPS) is 20.1. The lowest BCUT2D eigenvalue weighted by molar-refractivity contribution is -0.133. The van der Waals surface area contributed by atoms with Crippen molar-refractivity contribution in [2.75, 3.05) is 26.2 Å². The molecule has 1 saturated heterocycles. The van der Waals surface area contributed by atoms with Crippen molar-refractivity contribution in [2.45, 2.75) is 25.5 Å². The van der Waals surface area contributed by atoms with Crippen LogP contribution in [0.15, 0.2) is 24.3 Å². The molecule has 5 nitrogen and oxygen atoms in total. The van der Waals surface area contributed by atoms with Crippen molar-refractivity contribution >= 4 is 15.9 Å². The molecule has 0 unspecified atom stereocenters. The zero-order chi connectivity index (χ0) is 15.7. The number of carbonyl (C=O) groups excluding carboxylic acids is 1. The Labute approximate surface area is 132 Å². The van der Waals surface area contributed by atoms with Gasteiger partial charge in [-0.15, -0.1) is 0 Å². The Hall–Kier alpha value is -1.40. The Balaban J connectivity index is 1.60. The number of hydrogen-bond acceptors (Lipinski definition) is 3. The molecule has 1 aromatic rings. The second-order valence-corrected chi connectivity index (χ2v) is 8.21. The van der Waals surface area contributed by atoms with E-state index in [0.29, 0.717) is 26.2 Å². The minimum absolute atomic E-state index is 0.0330. The highest BCUT2D eigenvalue weighted by Crippen LogP contribution is 2.31. The van der Waals surface area contributed by atoms with Crippen molar-refractivity contribution in [3.63, 3.8) is 0 Å². The molecule has 0 atom stereocenters. The molecule has 2 fully saturated rings. The van der Waals surface area contributed by atoms with Crippen LogP contribution in [0.1, 0.15) is 24.0 Å². The lowest BCUT2D eigenvalue weighted by atomic mass is 10.2. The number of hydrogen-bond donors (Lipinski definition) is 0. The number of piperazine rings is 1. The molecule has 22 heavy (non-hydrogen) atoms. The molecule has 0 N–H and O–H groups in total. The summed E-state index contributed by atoms with van der Waals surface area (Å²) in [5.74, 6) is 0.441. The van der Waals surface area contributed by atoms with Crippen LogP contribution in [0.4, 0.5) is 0 Å². The molecule has 1 aliphatic heterocycles. The van der Waals surface area contributed by atoms with Crippen LogP contribution in [0, 0.1) is 12.8 Å². The van der Waals surface area contributed by atoms with Crippen LogP contribution in [0.3, 0.4) is 0 Å².